The average molecular weight is 430 g/mol. The first kappa shape index (κ1) is 21.9. The van der Waals surface area contributed by atoms with E-state index in [0.717, 1.165) is 32.2 Å². The van der Waals surface area contributed by atoms with Crippen LogP contribution in [0.15, 0.2) is 12.1 Å². The number of aromatic nitrogens is 1. The van der Waals surface area contributed by atoms with E-state index in [1.165, 1.54) is 46.3 Å². The average Bonchev–Trinajstić information content (AvgIpc) is 3.24. The number of likely N-dealkylation sites (tertiary alicyclic amines) is 1. The van der Waals surface area contributed by atoms with E-state index < -0.39 is 0 Å². The van der Waals surface area contributed by atoms with Gasteiger partial charge in [0.1, 0.15) is 5.56 Å². The maximum absolute atomic E-state index is 13.0. The predicted octanol–water partition coefficient (Wildman–Crippen LogP) is 3.57. The van der Waals surface area contributed by atoms with Gasteiger partial charge in [0.05, 0.1) is 14.2 Å². The second kappa shape index (κ2) is 9.45. The lowest BCUT2D eigenvalue weighted by Gasteiger charge is -2.47. The molecule has 0 bridgehead atoms. The number of amides is 2. The van der Waals surface area contributed by atoms with Crippen molar-refractivity contribution in [3.8, 4) is 11.8 Å². The van der Waals surface area contributed by atoms with Crippen LogP contribution in [-0.4, -0.2) is 55.0 Å². The molecular weight excluding hydrogens is 394 g/mol. The summed E-state index contributed by atoms with van der Waals surface area (Å²) in [5.41, 5.74) is 0.381. The van der Waals surface area contributed by atoms with Gasteiger partial charge in [-0.25, -0.2) is 0 Å². The van der Waals surface area contributed by atoms with Crippen LogP contribution in [-0.2, 0) is 4.79 Å². The van der Waals surface area contributed by atoms with Gasteiger partial charge in [0.25, 0.3) is 5.91 Å². The van der Waals surface area contributed by atoms with Crippen LogP contribution < -0.4 is 14.8 Å². The van der Waals surface area contributed by atoms with Crippen LogP contribution in [0.25, 0.3) is 0 Å². The quantitative estimate of drug-likeness (QED) is 0.717. The molecular formula is C24H35N3O4. The molecule has 1 aliphatic heterocycles. The number of hydrogen-bond acceptors (Lipinski definition) is 5. The molecule has 1 N–H and O–H groups in total. The monoisotopic (exact) mass is 429 g/mol. The Morgan fingerprint density at radius 1 is 1.13 bits per heavy atom. The Kier molecular flexibility index (Phi) is 6.68. The summed E-state index contributed by atoms with van der Waals surface area (Å²) in [7, 11) is 3.03. The molecule has 3 fully saturated rings. The standard InChI is InChI=1S/C24H35N3O4/c1-30-20-11-10-18(23(26-20)31-2)22(29)25-16-24-13-6-9-19(24)27(21(28)12-14-24)15-17-7-4-3-5-8-17/h10-11,17,19H,3-9,12-16H2,1-2H3,(H,25,29)/t19-,24+/m1/s1. The Labute approximate surface area is 184 Å². The summed E-state index contributed by atoms with van der Waals surface area (Å²) in [6.07, 6.45) is 11.0. The van der Waals surface area contributed by atoms with Gasteiger partial charge in [-0.2, -0.15) is 4.98 Å². The van der Waals surface area contributed by atoms with E-state index in [0.29, 0.717) is 36.2 Å². The SMILES string of the molecule is COc1ccc(C(=O)NC[C@@]23CCC[C@H]2N(CC2CCCCC2)C(=O)CC3)c(OC)n1. The van der Waals surface area contributed by atoms with Crippen LogP contribution in [0.3, 0.4) is 0 Å². The number of carbonyl (C=O) groups is 2. The van der Waals surface area contributed by atoms with E-state index in [1.54, 1.807) is 12.1 Å². The fraction of sp³-hybridized carbons (Fsp3) is 0.708. The van der Waals surface area contributed by atoms with Gasteiger partial charge >= 0.3 is 0 Å². The molecule has 7 heteroatoms. The fourth-order valence-corrected chi connectivity index (χ4v) is 5.96. The van der Waals surface area contributed by atoms with Gasteiger partial charge in [-0.1, -0.05) is 25.7 Å². The van der Waals surface area contributed by atoms with Gasteiger partial charge in [0, 0.05) is 37.0 Å². The molecule has 0 radical (unpaired) electrons. The maximum Gasteiger partial charge on any atom is 0.256 e. The number of fused-ring (bicyclic) bond motifs is 1. The first-order valence-corrected chi connectivity index (χ1v) is 11.7. The molecule has 0 aromatic carbocycles. The van der Waals surface area contributed by atoms with Crippen molar-refractivity contribution in [1.82, 2.24) is 15.2 Å². The molecule has 4 rings (SSSR count). The molecule has 3 aliphatic rings. The first-order valence-electron chi connectivity index (χ1n) is 11.7. The van der Waals surface area contributed by atoms with Crippen molar-refractivity contribution in [2.24, 2.45) is 11.3 Å². The third-order valence-electron chi connectivity index (χ3n) is 7.65. The second-order valence-electron chi connectivity index (χ2n) is 9.41. The van der Waals surface area contributed by atoms with Crippen molar-refractivity contribution in [1.29, 1.82) is 0 Å². The zero-order valence-corrected chi connectivity index (χ0v) is 18.8. The summed E-state index contributed by atoms with van der Waals surface area (Å²) in [4.78, 5) is 32.2. The molecule has 31 heavy (non-hydrogen) atoms. The summed E-state index contributed by atoms with van der Waals surface area (Å²) in [6, 6.07) is 3.59. The largest absolute Gasteiger partial charge is 0.481 e. The summed E-state index contributed by atoms with van der Waals surface area (Å²) in [5, 5.41) is 3.14. The van der Waals surface area contributed by atoms with E-state index in [9.17, 15) is 9.59 Å². The molecule has 1 aromatic rings. The van der Waals surface area contributed by atoms with Gasteiger partial charge in [0.15, 0.2) is 0 Å². The molecule has 170 valence electrons. The van der Waals surface area contributed by atoms with Gasteiger partial charge < -0.3 is 19.7 Å². The van der Waals surface area contributed by atoms with Gasteiger partial charge in [-0.3, -0.25) is 9.59 Å². The Morgan fingerprint density at radius 3 is 2.68 bits per heavy atom. The van der Waals surface area contributed by atoms with Crippen LogP contribution >= 0.6 is 0 Å². The third kappa shape index (κ3) is 4.51. The van der Waals surface area contributed by atoms with Crippen molar-refractivity contribution in [2.75, 3.05) is 27.3 Å². The normalized spacial score (nSPS) is 26.5. The molecule has 1 aromatic heterocycles. The Bertz CT molecular complexity index is 808. The molecule has 0 spiro atoms. The minimum atomic E-state index is -0.192. The molecule has 1 saturated heterocycles. The van der Waals surface area contributed by atoms with Crippen LogP contribution in [0, 0.1) is 11.3 Å². The van der Waals surface area contributed by atoms with Crippen molar-refractivity contribution >= 4 is 11.8 Å². The number of ether oxygens (including phenoxy) is 2. The second-order valence-corrected chi connectivity index (χ2v) is 9.41. The number of piperidine rings is 1. The Morgan fingerprint density at radius 2 is 1.94 bits per heavy atom. The highest BCUT2D eigenvalue weighted by Gasteiger charge is 2.50. The van der Waals surface area contributed by atoms with Crippen molar-refractivity contribution in [3.05, 3.63) is 17.7 Å². The van der Waals surface area contributed by atoms with Crippen LogP contribution in [0.4, 0.5) is 0 Å². The van der Waals surface area contributed by atoms with Gasteiger partial charge in [-0.15, -0.1) is 0 Å². The number of rotatable bonds is 7. The number of methoxy groups -OCH3 is 2. The zero-order valence-electron chi connectivity index (χ0n) is 18.8. The van der Waals surface area contributed by atoms with Crippen LogP contribution in [0.5, 0.6) is 11.8 Å². The summed E-state index contributed by atoms with van der Waals surface area (Å²) >= 11 is 0. The van der Waals surface area contributed by atoms with Gasteiger partial charge in [0.2, 0.25) is 17.7 Å². The molecule has 2 aliphatic carbocycles. The Hall–Kier alpha value is -2.31. The zero-order chi connectivity index (χ0) is 21.8. The molecule has 2 amide bonds. The number of nitrogens with one attached hydrogen (secondary N) is 1. The lowest BCUT2D eigenvalue weighted by molar-refractivity contribution is -0.142. The minimum Gasteiger partial charge on any atom is -0.481 e. The van der Waals surface area contributed by atoms with E-state index in [2.05, 4.69) is 15.2 Å². The van der Waals surface area contributed by atoms with E-state index >= 15 is 0 Å². The topological polar surface area (TPSA) is 80.8 Å². The summed E-state index contributed by atoms with van der Waals surface area (Å²) in [6.45, 7) is 1.48. The number of nitrogens with zero attached hydrogens (tertiary/aromatic N) is 2. The van der Waals surface area contributed by atoms with Gasteiger partial charge in [-0.05, 0) is 44.1 Å². The lowest BCUT2D eigenvalue weighted by Crippen LogP contribution is -2.57. The van der Waals surface area contributed by atoms with Crippen LogP contribution in [0.1, 0.15) is 74.6 Å². The lowest BCUT2D eigenvalue weighted by atomic mass is 9.74. The molecule has 2 heterocycles. The van der Waals surface area contributed by atoms with E-state index in [4.69, 9.17) is 9.47 Å². The van der Waals surface area contributed by atoms with Crippen LogP contribution in [0.2, 0.25) is 0 Å². The highest BCUT2D eigenvalue weighted by Crippen LogP contribution is 2.48. The van der Waals surface area contributed by atoms with Crippen molar-refractivity contribution in [2.45, 2.75) is 70.3 Å². The summed E-state index contributed by atoms with van der Waals surface area (Å²) in [5.74, 6) is 1.42. The van der Waals surface area contributed by atoms with E-state index in [1.807, 2.05) is 0 Å². The summed E-state index contributed by atoms with van der Waals surface area (Å²) < 4.78 is 10.4. The maximum atomic E-state index is 13.0. The highest BCUT2D eigenvalue weighted by atomic mass is 16.5. The van der Waals surface area contributed by atoms with E-state index in [-0.39, 0.29) is 23.2 Å². The Balaban J connectivity index is 1.45. The first-order chi connectivity index (χ1) is 15.1. The predicted molar refractivity (Wildman–Crippen MR) is 117 cm³/mol. The third-order valence-corrected chi connectivity index (χ3v) is 7.65. The minimum absolute atomic E-state index is 0.0224. The molecule has 7 nitrogen and oxygen atoms in total. The number of carbonyl (C=O) groups excluding carboxylic acids is 2. The highest BCUT2D eigenvalue weighted by molar-refractivity contribution is 5.96. The smallest absolute Gasteiger partial charge is 0.256 e. The van der Waals surface area contributed by atoms with Crippen molar-refractivity contribution in [3.63, 3.8) is 0 Å². The molecule has 2 atom stereocenters. The van der Waals surface area contributed by atoms with Crippen molar-refractivity contribution < 1.29 is 19.1 Å². The number of hydrogen-bond donors (Lipinski definition) is 1. The number of pyridine rings is 1. The molecule has 2 saturated carbocycles. The fourth-order valence-electron chi connectivity index (χ4n) is 5.96. The molecule has 0 unspecified atom stereocenters.